The Morgan fingerprint density at radius 1 is 1.29 bits per heavy atom. The van der Waals surface area contributed by atoms with Crippen LogP contribution in [0.15, 0.2) is 35.4 Å². The quantitative estimate of drug-likeness (QED) is 0.634. The van der Waals surface area contributed by atoms with Crippen LogP contribution < -0.4 is 10.5 Å². The van der Waals surface area contributed by atoms with Crippen LogP contribution in [0.1, 0.15) is 27.2 Å². The van der Waals surface area contributed by atoms with E-state index in [1.807, 2.05) is 24.3 Å². The van der Waals surface area contributed by atoms with Gasteiger partial charge in [0.2, 0.25) is 0 Å². The van der Waals surface area contributed by atoms with Crippen LogP contribution in [0.25, 0.3) is 10.2 Å². The maximum atomic E-state index is 12.6. The van der Waals surface area contributed by atoms with Crippen molar-refractivity contribution in [3.63, 3.8) is 0 Å². The molecule has 0 radical (unpaired) electrons. The molecule has 7 nitrogen and oxygen atoms in total. The number of anilines is 1. The van der Waals surface area contributed by atoms with Crippen LogP contribution in [-0.2, 0) is 23.0 Å². The number of fused-ring (bicyclic) bond motifs is 2. The van der Waals surface area contributed by atoms with E-state index >= 15 is 0 Å². The molecule has 0 saturated heterocycles. The summed E-state index contributed by atoms with van der Waals surface area (Å²) in [6, 6.07) is 7.76. The molecule has 0 fully saturated rings. The Morgan fingerprint density at radius 3 is 2.89 bits per heavy atom. The molecule has 1 amide bonds. The number of amides is 1. The van der Waals surface area contributed by atoms with Crippen LogP contribution in [0.5, 0.6) is 0 Å². The Morgan fingerprint density at radius 2 is 2.07 bits per heavy atom. The number of thiophene rings is 1. The minimum absolute atomic E-state index is 0.209. The molecule has 2 aromatic heterocycles. The molecular formula is C20H19N3O4S. The molecule has 144 valence electrons. The van der Waals surface area contributed by atoms with Gasteiger partial charge in [-0.15, -0.1) is 11.3 Å². The lowest BCUT2D eigenvalue weighted by Crippen LogP contribution is -2.38. The summed E-state index contributed by atoms with van der Waals surface area (Å²) in [6.45, 7) is 1.96. The van der Waals surface area contributed by atoms with Gasteiger partial charge in [-0.25, -0.2) is 9.78 Å². The third kappa shape index (κ3) is 3.09. The molecular weight excluding hydrogens is 378 g/mol. The predicted molar refractivity (Wildman–Crippen MR) is 107 cm³/mol. The second kappa shape index (κ2) is 7.20. The summed E-state index contributed by atoms with van der Waals surface area (Å²) < 4.78 is 6.65. The first-order valence-electron chi connectivity index (χ1n) is 8.97. The maximum absolute atomic E-state index is 12.6. The molecule has 0 atom stereocenters. The van der Waals surface area contributed by atoms with Gasteiger partial charge in [0.05, 0.1) is 11.7 Å². The molecule has 1 aliphatic heterocycles. The Hall–Kier alpha value is -3.00. The second-order valence-electron chi connectivity index (χ2n) is 6.75. The molecule has 1 aliphatic rings. The van der Waals surface area contributed by atoms with Crippen molar-refractivity contribution in [1.82, 2.24) is 9.55 Å². The number of hydrogen-bond donors (Lipinski definition) is 0. The van der Waals surface area contributed by atoms with E-state index in [-0.39, 0.29) is 18.1 Å². The minimum atomic E-state index is -0.610. The number of aromatic nitrogens is 2. The van der Waals surface area contributed by atoms with Crippen molar-refractivity contribution in [3.8, 4) is 0 Å². The van der Waals surface area contributed by atoms with Gasteiger partial charge < -0.3 is 14.2 Å². The van der Waals surface area contributed by atoms with Gasteiger partial charge in [0.15, 0.2) is 6.61 Å². The van der Waals surface area contributed by atoms with Crippen LogP contribution in [0, 0.1) is 6.92 Å². The van der Waals surface area contributed by atoms with Crippen LogP contribution in [0.2, 0.25) is 0 Å². The van der Waals surface area contributed by atoms with Crippen molar-refractivity contribution in [1.29, 1.82) is 0 Å². The third-order valence-electron chi connectivity index (χ3n) is 4.93. The fraction of sp³-hybridized carbons (Fsp3) is 0.300. The van der Waals surface area contributed by atoms with Crippen molar-refractivity contribution in [2.75, 3.05) is 18.1 Å². The van der Waals surface area contributed by atoms with Gasteiger partial charge in [-0.2, -0.15) is 0 Å². The average Bonchev–Trinajstić information content (AvgIpc) is 3.05. The van der Waals surface area contributed by atoms with Crippen LogP contribution >= 0.6 is 11.3 Å². The van der Waals surface area contributed by atoms with Crippen LogP contribution in [-0.4, -0.2) is 34.6 Å². The largest absolute Gasteiger partial charge is 0.451 e. The SMILES string of the molecule is Cc1c(C(=O)OCC(=O)N2CCCc3ccccc32)sc2ncn(C)c(=O)c12. The summed E-state index contributed by atoms with van der Waals surface area (Å²) in [5, 5.41) is 0.415. The molecule has 8 heteroatoms. The molecule has 3 aromatic rings. The highest BCUT2D eigenvalue weighted by molar-refractivity contribution is 7.20. The minimum Gasteiger partial charge on any atom is -0.451 e. The Bertz CT molecular complexity index is 1150. The lowest BCUT2D eigenvalue weighted by atomic mass is 10.0. The molecule has 4 rings (SSSR count). The number of rotatable bonds is 3. The number of carbonyl (C=O) groups is 2. The van der Waals surface area contributed by atoms with Crippen LogP contribution in [0.3, 0.4) is 0 Å². The van der Waals surface area contributed by atoms with Gasteiger partial charge in [0, 0.05) is 19.3 Å². The van der Waals surface area contributed by atoms with Crippen molar-refractivity contribution in [2.24, 2.45) is 7.05 Å². The molecule has 0 N–H and O–H groups in total. The molecule has 0 saturated carbocycles. The Labute approximate surface area is 165 Å². The molecule has 0 bridgehead atoms. The number of esters is 1. The van der Waals surface area contributed by atoms with E-state index in [1.54, 1.807) is 18.9 Å². The van der Waals surface area contributed by atoms with E-state index in [1.165, 1.54) is 10.9 Å². The van der Waals surface area contributed by atoms with Crippen molar-refractivity contribution in [2.45, 2.75) is 19.8 Å². The molecule has 3 heterocycles. The predicted octanol–water partition coefficient (Wildman–Crippen LogP) is 2.44. The smallest absolute Gasteiger partial charge is 0.349 e. The first-order chi connectivity index (χ1) is 13.5. The maximum Gasteiger partial charge on any atom is 0.349 e. The number of nitrogens with zero attached hydrogens (tertiary/aromatic N) is 3. The first-order valence-corrected chi connectivity index (χ1v) is 9.79. The van der Waals surface area contributed by atoms with E-state index in [0.717, 1.165) is 35.4 Å². The van der Waals surface area contributed by atoms with E-state index < -0.39 is 5.97 Å². The first kappa shape index (κ1) is 18.4. The second-order valence-corrected chi connectivity index (χ2v) is 7.75. The summed E-state index contributed by atoms with van der Waals surface area (Å²) in [5.41, 5.74) is 2.32. The summed E-state index contributed by atoms with van der Waals surface area (Å²) in [6.07, 6.45) is 3.23. The van der Waals surface area contributed by atoms with Gasteiger partial charge in [0.25, 0.3) is 11.5 Å². The van der Waals surface area contributed by atoms with Gasteiger partial charge in [0.1, 0.15) is 9.71 Å². The topological polar surface area (TPSA) is 81.5 Å². The fourth-order valence-corrected chi connectivity index (χ4v) is 4.50. The highest BCUT2D eigenvalue weighted by atomic mass is 32.1. The number of carbonyl (C=O) groups excluding carboxylic acids is 2. The number of ether oxygens (including phenoxy) is 1. The molecule has 0 aliphatic carbocycles. The fourth-order valence-electron chi connectivity index (χ4n) is 3.47. The van der Waals surface area contributed by atoms with Gasteiger partial charge in [-0.05, 0) is 37.0 Å². The normalized spacial score (nSPS) is 13.4. The zero-order chi connectivity index (χ0) is 19.8. The summed E-state index contributed by atoms with van der Waals surface area (Å²) in [7, 11) is 1.61. The number of benzene rings is 1. The summed E-state index contributed by atoms with van der Waals surface area (Å²) >= 11 is 1.11. The number of para-hydroxylation sites is 1. The zero-order valence-electron chi connectivity index (χ0n) is 15.6. The van der Waals surface area contributed by atoms with Crippen molar-refractivity contribution < 1.29 is 14.3 Å². The number of aryl methyl sites for hydroxylation is 3. The summed E-state index contributed by atoms with van der Waals surface area (Å²) in [5.74, 6) is -0.866. The van der Waals surface area contributed by atoms with Gasteiger partial charge in [-0.1, -0.05) is 18.2 Å². The van der Waals surface area contributed by atoms with E-state index in [9.17, 15) is 14.4 Å². The zero-order valence-corrected chi connectivity index (χ0v) is 16.4. The molecule has 28 heavy (non-hydrogen) atoms. The number of hydrogen-bond acceptors (Lipinski definition) is 6. The standard InChI is InChI=1S/C20H19N3O4S/c1-12-16-18(21-11-22(2)19(16)25)28-17(12)20(26)27-10-15(24)23-9-5-7-13-6-3-4-8-14(13)23/h3-4,6,8,11H,5,7,9-10H2,1-2H3. The van der Waals surface area contributed by atoms with E-state index in [0.29, 0.717) is 27.2 Å². The highest BCUT2D eigenvalue weighted by Gasteiger charge is 2.25. The Kier molecular flexibility index (Phi) is 4.72. The van der Waals surface area contributed by atoms with E-state index in [2.05, 4.69) is 4.98 Å². The highest BCUT2D eigenvalue weighted by Crippen LogP contribution is 2.28. The lowest BCUT2D eigenvalue weighted by Gasteiger charge is -2.29. The molecule has 0 spiro atoms. The van der Waals surface area contributed by atoms with E-state index in [4.69, 9.17) is 4.74 Å². The summed E-state index contributed by atoms with van der Waals surface area (Å²) in [4.78, 5) is 44.1. The van der Waals surface area contributed by atoms with Crippen molar-refractivity contribution >= 4 is 39.1 Å². The van der Waals surface area contributed by atoms with Crippen LogP contribution in [0.4, 0.5) is 5.69 Å². The third-order valence-corrected chi connectivity index (χ3v) is 6.11. The van der Waals surface area contributed by atoms with Gasteiger partial charge >= 0.3 is 5.97 Å². The van der Waals surface area contributed by atoms with Crippen molar-refractivity contribution in [3.05, 3.63) is 57.0 Å². The Balaban J connectivity index is 1.52. The molecule has 0 unspecified atom stereocenters. The lowest BCUT2D eigenvalue weighted by molar-refractivity contribution is -0.121. The monoisotopic (exact) mass is 397 g/mol. The average molecular weight is 397 g/mol. The van der Waals surface area contributed by atoms with Gasteiger partial charge in [-0.3, -0.25) is 9.59 Å². The molecule has 1 aromatic carbocycles.